The van der Waals surface area contributed by atoms with E-state index in [0.29, 0.717) is 12.3 Å². The van der Waals surface area contributed by atoms with Crippen molar-refractivity contribution in [3.8, 4) is 0 Å². The molecule has 5 heteroatoms. The largest absolute Gasteiger partial charge is 0.461 e. The summed E-state index contributed by atoms with van der Waals surface area (Å²) in [7, 11) is 0. The Kier molecular flexibility index (Phi) is 2.18. The van der Waals surface area contributed by atoms with Crippen molar-refractivity contribution in [1.29, 1.82) is 0 Å². The van der Waals surface area contributed by atoms with Crippen LogP contribution in [0.3, 0.4) is 0 Å². The van der Waals surface area contributed by atoms with Crippen LogP contribution in [0.15, 0.2) is 5.16 Å². The van der Waals surface area contributed by atoms with E-state index in [1.807, 2.05) is 0 Å². The quantitative estimate of drug-likeness (QED) is 0.589. The third-order valence-corrected chi connectivity index (χ3v) is 2.28. The van der Waals surface area contributed by atoms with Gasteiger partial charge in [0.05, 0.1) is 12.5 Å². The number of esters is 1. The predicted octanol–water partition coefficient (Wildman–Crippen LogP) is -0.476. The Labute approximate surface area is 76.1 Å². The van der Waals surface area contributed by atoms with Crippen LogP contribution >= 0.6 is 0 Å². The third-order valence-electron chi connectivity index (χ3n) is 2.28. The molecule has 2 rings (SSSR count). The van der Waals surface area contributed by atoms with Crippen LogP contribution in [0.1, 0.15) is 6.92 Å². The van der Waals surface area contributed by atoms with Gasteiger partial charge in [0.2, 0.25) is 0 Å². The standard InChI is InChI=1S/C8H12N2O3/c1-2-12-8(11)7-5-3-9-4-6(5)13-10-7/h5-6,9H,2-4H2,1H3/t5-,6+/m0/s1. The summed E-state index contributed by atoms with van der Waals surface area (Å²) in [5.41, 5.74) is 0.428. The van der Waals surface area contributed by atoms with Gasteiger partial charge in [-0.2, -0.15) is 0 Å². The lowest BCUT2D eigenvalue weighted by atomic mass is 10.0. The maximum atomic E-state index is 11.3. The molecule has 0 aliphatic carbocycles. The van der Waals surface area contributed by atoms with E-state index < -0.39 is 0 Å². The Bertz CT molecular complexity index is 252. The highest BCUT2D eigenvalue weighted by Crippen LogP contribution is 2.22. The van der Waals surface area contributed by atoms with Gasteiger partial charge in [0.15, 0.2) is 5.71 Å². The molecular formula is C8H12N2O3. The number of ether oxygens (including phenoxy) is 1. The van der Waals surface area contributed by atoms with Gasteiger partial charge < -0.3 is 14.9 Å². The molecule has 0 radical (unpaired) electrons. The number of nitrogens with zero attached hydrogens (tertiary/aromatic N) is 1. The van der Waals surface area contributed by atoms with Gasteiger partial charge in [0.1, 0.15) is 6.10 Å². The van der Waals surface area contributed by atoms with Gasteiger partial charge in [-0.1, -0.05) is 5.16 Å². The second kappa shape index (κ2) is 3.33. The molecule has 0 bridgehead atoms. The Balaban J connectivity index is 2.03. The molecule has 0 aromatic rings. The topological polar surface area (TPSA) is 59.9 Å². The van der Waals surface area contributed by atoms with Crippen LogP contribution in [-0.2, 0) is 14.4 Å². The number of hydrogen-bond acceptors (Lipinski definition) is 5. The number of hydrogen-bond donors (Lipinski definition) is 1. The van der Waals surface area contributed by atoms with Gasteiger partial charge in [-0.25, -0.2) is 4.79 Å². The van der Waals surface area contributed by atoms with E-state index in [4.69, 9.17) is 9.57 Å². The number of carbonyl (C=O) groups excluding carboxylic acids is 1. The van der Waals surface area contributed by atoms with E-state index in [2.05, 4.69) is 10.5 Å². The molecule has 2 aliphatic heterocycles. The minimum absolute atomic E-state index is 0.0272. The number of nitrogens with one attached hydrogen (secondary N) is 1. The molecule has 72 valence electrons. The summed E-state index contributed by atoms with van der Waals surface area (Å²) < 4.78 is 4.86. The van der Waals surface area contributed by atoms with E-state index in [0.717, 1.165) is 13.1 Å². The second-order valence-corrected chi connectivity index (χ2v) is 3.11. The maximum absolute atomic E-state index is 11.3. The fourth-order valence-corrected chi connectivity index (χ4v) is 1.62. The lowest BCUT2D eigenvalue weighted by Crippen LogP contribution is -2.28. The summed E-state index contributed by atoms with van der Waals surface area (Å²) in [6, 6.07) is 0. The first-order valence-electron chi connectivity index (χ1n) is 4.44. The highest BCUT2D eigenvalue weighted by Gasteiger charge is 2.41. The summed E-state index contributed by atoms with van der Waals surface area (Å²) >= 11 is 0. The zero-order chi connectivity index (χ0) is 9.26. The van der Waals surface area contributed by atoms with E-state index in [9.17, 15) is 4.79 Å². The van der Waals surface area contributed by atoms with E-state index in [-0.39, 0.29) is 18.0 Å². The van der Waals surface area contributed by atoms with Crippen LogP contribution in [0.2, 0.25) is 0 Å². The van der Waals surface area contributed by atoms with Crippen LogP contribution < -0.4 is 5.32 Å². The normalized spacial score (nSPS) is 30.7. The predicted molar refractivity (Wildman–Crippen MR) is 45.3 cm³/mol. The van der Waals surface area contributed by atoms with E-state index >= 15 is 0 Å². The van der Waals surface area contributed by atoms with Crippen molar-refractivity contribution >= 4 is 11.7 Å². The molecule has 0 unspecified atom stereocenters. The van der Waals surface area contributed by atoms with Crippen LogP contribution in [0, 0.1) is 5.92 Å². The first-order chi connectivity index (χ1) is 6.33. The number of carbonyl (C=O) groups is 1. The second-order valence-electron chi connectivity index (χ2n) is 3.11. The molecule has 5 nitrogen and oxygen atoms in total. The van der Waals surface area contributed by atoms with Crippen molar-refractivity contribution in [3.63, 3.8) is 0 Å². The fourth-order valence-electron chi connectivity index (χ4n) is 1.62. The van der Waals surface area contributed by atoms with Gasteiger partial charge in [-0.05, 0) is 6.92 Å². The third kappa shape index (κ3) is 1.39. The molecule has 2 heterocycles. The highest BCUT2D eigenvalue weighted by molar-refractivity contribution is 6.37. The molecule has 13 heavy (non-hydrogen) atoms. The minimum Gasteiger partial charge on any atom is -0.461 e. The van der Waals surface area contributed by atoms with Gasteiger partial charge in [-0.15, -0.1) is 0 Å². The molecule has 2 aliphatic rings. The lowest BCUT2D eigenvalue weighted by Gasteiger charge is -2.06. The van der Waals surface area contributed by atoms with Crippen molar-refractivity contribution in [2.75, 3.05) is 19.7 Å². The Morgan fingerprint density at radius 2 is 2.62 bits per heavy atom. The molecule has 0 aromatic heterocycles. The van der Waals surface area contributed by atoms with Crippen molar-refractivity contribution in [2.24, 2.45) is 11.1 Å². The molecule has 0 amide bonds. The van der Waals surface area contributed by atoms with Gasteiger partial charge in [0.25, 0.3) is 0 Å². The summed E-state index contributed by atoms with van der Waals surface area (Å²) in [4.78, 5) is 16.4. The van der Waals surface area contributed by atoms with Gasteiger partial charge >= 0.3 is 5.97 Å². The molecule has 1 saturated heterocycles. The summed E-state index contributed by atoms with van der Waals surface area (Å²) in [6.45, 7) is 3.67. The minimum atomic E-state index is -0.348. The number of oxime groups is 1. The molecular weight excluding hydrogens is 172 g/mol. The Morgan fingerprint density at radius 3 is 3.38 bits per heavy atom. The zero-order valence-corrected chi connectivity index (χ0v) is 7.45. The first kappa shape index (κ1) is 8.50. The summed E-state index contributed by atoms with van der Waals surface area (Å²) in [5.74, 6) is -0.266. The molecule has 1 fully saturated rings. The first-order valence-corrected chi connectivity index (χ1v) is 4.44. The summed E-state index contributed by atoms with van der Waals surface area (Å²) in [5, 5.41) is 6.88. The lowest BCUT2D eigenvalue weighted by molar-refractivity contribution is -0.135. The molecule has 0 aromatic carbocycles. The van der Waals surface area contributed by atoms with Gasteiger partial charge in [0, 0.05) is 13.1 Å². The zero-order valence-electron chi connectivity index (χ0n) is 7.45. The van der Waals surface area contributed by atoms with Crippen LogP contribution in [0.5, 0.6) is 0 Å². The van der Waals surface area contributed by atoms with Crippen LogP contribution in [-0.4, -0.2) is 37.5 Å². The monoisotopic (exact) mass is 184 g/mol. The number of fused-ring (bicyclic) bond motifs is 1. The average molecular weight is 184 g/mol. The smallest absolute Gasteiger partial charge is 0.356 e. The van der Waals surface area contributed by atoms with E-state index in [1.165, 1.54) is 0 Å². The maximum Gasteiger partial charge on any atom is 0.356 e. The van der Waals surface area contributed by atoms with Crippen molar-refractivity contribution in [1.82, 2.24) is 5.32 Å². The molecule has 0 spiro atoms. The Hall–Kier alpha value is -1.10. The molecule has 2 atom stereocenters. The average Bonchev–Trinajstić information content (AvgIpc) is 2.62. The molecule has 1 N–H and O–H groups in total. The molecule has 0 saturated carbocycles. The highest BCUT2D eigenvalue weighted by atomic mass is 16.6. The SMILES string of the molecule is CCOC(=O)C1=NO[C@@H]2CNC[C@H]12. The summed E-state index contributed by atoms with van der Waals surface area (Å²) in [6.07, 6.45) is 0.0272. The van der Waals surface area contributed by atoms with Gasteiger partial charge in [-0.3, -0.25) is 0 Å². The number of rotatable bonds is 2. The fraction of sp³-hybridized carbons (Fsp3) is 0.750. The van der Waals surface area contributed by atoms with Crippen LogP contribution in [0.4, 0.5) is 0 Å². The van der Waals surface area contributed by atoms with Crippen molar-refractivity contribution < 1.29 is 14.4 Å². The van der Waals surface area contributed by atoms with E-state index in [1.54, 1.807) is 6.92 Å². The van der Waals surface area contributed by atoms with Crippen molar-refractivity contribution in [2.45, 2.75) is 13.0 Å². The van der Waals surface area contributed by atoms with Crippen LogP contribution in [0.25, 0.3) is 0 Å². The Morgan fingerprint density at radius 1 is 1.77 bits per heavy atom. The van der Waals surface area contributed by atoms with Crippen molar-refractivity contribution in [3.05, 3.63) is 0 Å².